The quantitative estimate of drug-likeness (QED) is 0.619. The average molecular weight is 467 g/mol. The molecule has 3 unspecified atom stereocenters. The van der Waals surface area contributed by atoms with Crippen LogP contribution in [0.2, 0.25) is 0 Å². The van der Waals surface area contributed by atoms with Crippen molar-refractivity contribution in [3.63, 3.8) is 0 Å². The Morgan fingerprint density at radius 2 is 1.71 bits per heavy atom. The van der Waals surface area contributed by atoms with Crippen molar-refractivity contribution < 1.29 is 29.0 Å². The second kappa shape index (κ2) is 10.3. The molecule has 2 aliphatic rings. The topological polar surface area (TPSA) is 105 Å². The molecule has 8 heteroatoms. The highest BCUT2D eigenvalue weighted by molar-refractivity contribution is 5.84. The Bertz CT molecular complexity index is 1030. The number of methoxy groups -OCH3 is 1. The monoisotopic (exact) mass is 466 g/mol. The number of carboxylic acid groups (broad SMARTS) is 1. The standard InChI is InChI=1S/C26H30N2O6/c1-16(11-24(29)28-14-17(33-2)12-23(28)25(30)31)13-27-26(32)34-15-22-20-9-5-3-7-18(20)19-8-4-6-10-21(19)22/h3-10,16-17,22-23H,11-15H2,1-2H3,(H,27,32)(H,30,31). The van der Waals surface area contributed by atoms with E-state index in [1.165, 1.54) is 12.0 Å². The molecule has 3 atom stereocenters. The Kier molecular flexibility index (Phi) is 7.17. The van der Waals surface area contributed by atoms with Gasteiger partial charge in [0.2, 0.25) is 5.91 Å². The Hall–Kier alpha value is -3.39. The maximum atomic E-state index is 12.7. The summed E-state index contributed by atoms with van der Waals surface area (Å²) in [6.45, 7) is 2.57. The second-order valence-corrected chi connectivity index (χ2v) is 9.01. The first-order valence-corrected chi connectivity index (χ1v) is 11.5. The first-order chi connectivity index (χ1) is 16.4. The molecule has 1 aliphatic heterocycles. The smallest absolute Gasteiger partial charge is 0.407 e. The largest absolute Gasteiger partial charge is 0.480 e. The van der Waals surface area contributed by atoms with E-state index in [9.17, 15) is 19.5 Å². The fourth-order valence-corrected chi connectivity index (χ4v) is 4.87. The molecule has 1 fully saturated rings. The van der Waals surface area contributed by atoms with E-state index in [2.05, 4.69) is 29.6 Å². The van der Waals surface area contributed by atoms with E-state index < -0.39 is 18.1 Å². The Labute approximate surface area is 198 Å². The SMILES string of the molecule is COC1CC(C(=O)O)N(C(=O)CC(C)CNC(=O)OCC2c3ccccc3-c3ccccc32)C1. The van der Waals surface area contributed by atoms with Gasteiger partial charge in [-0.1, -0.05) is 55.5 Å². The maximum Gasteiger partial charge on any atom is 0.407 e. The molecule has 1 heterocycles. The normalized spacial score (nSPS) is 19.9. The second-order valence-electron chi connectivity index (χ2n) is 9.01. The zero-order chi connectivity index (χ0) is 24.2. The highest BCUT2D eigenvalue weighted by atomic mass is 16.5. The van der Waals surface area contributed by atoms with Gasteiger partial charge in [-0.25, -0.2) is 9.59 Å². The molecule has 2 aromatic carbocycles. The summed E-state index contributed by atoms with van der Waals surface area (Å²) < 4.78 is 10.8. The number of hydrogen-bond donors (Lipinski definition) is 2. The molecule has 0 bridgehead atoms. The number of amides is 2. The van der Waals surface area contributed by atoms with Crippen molar-refractivity contribution in [1.29, 1.82) is 0 Å². The van der Waals surface area contributed by atoms with Crippen LogP contribution in [0, 0.1) is 5.92 Å². The molecule has 180 valence electrons. The van der Waals surface area contributed by atoms with E-state index in [1.54, 1.807) is 0 Å². The van der Waals surface area contributed by atoms with Gasteiger partial charge in [-0.3, -0.25) is 4.79 Å². The van der Waals surface area contributed by atoms with Crippen molar-refractivity contribution in [1.82, 2.24) is 10.2 Å². The van der Waals surface area contributed by atoms with Crippen molar-refractivity contribution >= 4 is 18.0 Å². The summed E-state index contributed by atoms with van der Waals surface area (Å²) in [5.74, 6) is -1.48. The molecule has 1 aliphatic carbocycles. The molecule has 8 nitrogen and oxygen atoms in total. The van der Waals surface area contributed by atoms with Crippen LogP contribution in [0.15, 0.2) is 48.5 Å². The summed E-state index contributed by atoms with van der Waals surface area (Å²) >= 11 is 0. The predicted molar refractivity (Wildman–Crippen MR) is 125 cm³/mol. The van der Waals surface area contributed by atoms with E-state index in [1.807, 2.05) is 31.2 Å². The predicted octanol–water partition coefficient (Wildman–Crippen LogP) is 3.25. The van der Waals surface area contributed by atoms with Crippen LogP contribution in [-0.2, 0) is 19.1 Å². The first kappa shape index (κ1) is 23.8. The molecular formula is C26H30N2O6. The van der Waals surface area contributed by atoms with E-state index in [0.717, 1.165) is 22.3 Å². The number of alkyl carbamates (subject to hydrolysis) is 1. The van der Waals surface area contributed by atoms with Crippen LogP contribution < -0.4 is 5.32 Å². The minimum atomic E-state index is -1.03. The van der Waals surface area contributed by atoms with Gasteiger partial charge in [0.15, 0.2) is 0 Å². The average Bonchev–Trinajstić information content (AvgIpc) is 3.41. The molecule has 4 rings (SSSR count). The third-order valence-electron chi connectivity index (χ3n) is 6.66. The summed E-state index contributed by atoms with van der Waals surface area (Å²) in [4.78, 5) is 37.9. The lowest BCUT2D eigenvalue weighted by molar-refractivity contribution is -0.148. The lowest BCUT2D eigenvalue weighted by Gasteiger charge is -2.23. The lowest BCUT2D eigenvalue weighted by atomic mass is 9.98. The number of carbonyl (C=O) groups is 3. The molecule has 2 amide bonds. The van der Waals surface area contributed by atoms with Gasteiger partial charge in [-0.15, -0.1) is 0 Å². The van der Waals surface area contributed by atoms with Gasteiger partial charge in [0.1, 0.15) is 12.6 Å². The number of fused-ring (bicyclic) bond motifs is 3. The lowest BCUT2D eigenvalue weighted by Crippen LogP contribution is -2.42. The van der Waals surface area contributed by atoms with Crippen molar-refractivity contribution in [3.8, 4) is 11.1 Å². The zero-order valence-corrected chi connectivity index (χ0v) is 19.4. The van der Waals surface area contributed by atoms with E-state index >= 15 is 0 Å². The molecule has 2 aromatic rings. The van der Waals surface area contributed by atoms with Gasteiger partial charge < -0.3 is 24.8 Å². The highest BCUT2D eigenvalue weighted by Crippen LogP contribution is 2.44. The van der Waals surface area contributed by atoms with Crippen LogP contribution in [-0.4, -0.2) is 66.9 Å². The number of nitrogens with one attached hydrogen (secondary N) is 1. The molecule has 0 aromatic heterocycles. The Morgan fingerprint density at radius 3 is 2.29 bits per heavy atom. The van der Waals surface area contributed by atoms with Crippen LogP contribution in [0.4, 0.5) is 4.79 Å². The minimum absolute atomic E-state index is 0.0194. The summed E-state index contributed by atoms with van der Waals surface area (Å²) in [5, 5.41) is 12.1. The third kappa shape index (κ3) is 4.92. The van der Waals surface area contributed by atoms with Gasteiger partial charge in [0.05, 0.1) is 6.10 Å². The van der Waals surface area contributed by atoms with Crippen molar-refractivity contribution in [2.75, 3.05) is 26.8 Å². The fourth-order valence-electron chi connectivity index (χ4n) is 4.87. The van der Waals surface area contributed by atoms with Crippen LogP contribution in [0.5, 0.6) is 0 Å². The van der Waals surface area contributed by atoms with Gasteiger partial charge in [0, 0.05) is 39.0 Å². The zero-order valence-electron chi connectivity index (χ0n) is 19.4. The van der Waals surface area contributed by atoms with Crippen molar-refractivity contribution in [2.24, 2.45) is 5.92 Å². The van der Waals surface area contributed by atoms with Crippen LogP contribution in [0.25, 0.3) is 11.1 Å². The molecule has 0 saturated carbocycles. The summed E-state index contributed by atoms with van der Waals surface area (Å²) in [5.41, 5.74) is 4.61. The number of likely N-dealkylation sites (tertiary alicyclic amines) is 1. The molecule has 0 spiro atoms. The first-order valence-electron chi connectivity index (χ1n) is 11.5. The Balaban J connectivity index is 1.27. The van der Waals surface area contributed by atoms with Crippen LogP contribution >= 0.6 is 0 Å². The number of hydrogen-bond acceptors (Lipinski definition) is 5. The number of ether oxygens (including phenoxy) is 2. The number of aliphatic carboxylic acids is 1. The maximum absolute atomic E-state index is 12.7. The molecule has 1 saturated heterocycles. The van der Waals surface area contributed by atoms with Gasteiger partial charge in [-0.2, -0.15) is 0 Å². The van der Waals surface area contributed by atoms with Gasteiger partial charge >= 0.3 is 12.1 Å². The molecule has 34 heavy (non-hydrogen) atoms. The number of carboxylic acids is 1. The fraction of sp³-hybridized carbons (Fsp3) is 0.423. The van der Waals surface area contributed by atoms with Crippen molar-refractivity contribution in [2.45, 2.75) is 37.8 Å². The highest BCUT2D eigenvalue weighted by Gasteiger charge is 2.39. The summed E-state index contributed by atoms with van der Waals surface area (Å²) in [7, 11) is 1.51. The Morgan fingerprint density at radius 1 is 1.09 bits per heavy atom. The van der Waals surface area contributed by atoms with E-state index in [-0.39, 0.29) is 56.4 Å². The summed E-state index contributed by atoms with van der Waals surface area (Å²) in [6.07, 6.45) is -0.405. The van der Waals surface area contributed by atoms with E-state index in [0.29, 0.717) is 0 Å². The number of nitrogens with zero attached hydrogens (tertiary/aromatic N) is 1. The number of benzene rings is 2. The molecule has 2 N–H and O–H groups in total. The van der Waals surface area contributed by atoms with Gasteiger partial charge in [-0.05, 0) is 28.2 Å². The minimum Gasteiger partial charge on any atom is -0.480 e. The van der Waals surface area contributed by atoms with Crippen LogP contribution in [0.3, 0.4) is 0 Å². The van der Waals surface area contributed by atoms with E-state index in [4.69, 9.17) is 9.47 Å². The number of carbonyl (C=O) groups excluding carboxylic acids is 2. The molecular weight excluding hydrogens is 436 g/mol. The summed E-state index contributed by atoms with van der Waals surface area (Å²) in [6, 6.07) is 15.4. The van der Waals surface area contributed by atoms with Crippen LogP contribution in [0.1, 0.15) is 36.8 Å². The molecule has 0 radical (unpaired) electrons. The van der Waals surface area contributed by atoms with Crippen molar-refractivity contribution in [3.05, 3.63) is 59.7 Å². The number of rotatable bonds is 8. The van der Waals surface area contributed by atoms with Gasteiger partial charge in [0.25, 0.3) is 0 Å². The third-order valence-corrected chi connectivity index (χ3v) is 6.66.